The minimum absolute atomic E-state index is 0.135. The molecule has 6 heteroatoms. The van der Waals surface area contributed by atoms with Crippen LogP contribution in [0.5, 0.6) is 0 Å². The number of allylic oxidation sites excluding steroid dienone is 18. The SMILES string of the molecule is CC/C=C/C/C=C/C/C=C/C/C=C/C/C=C/CCC(=O)OC(COC(=O)CC/C=C/C/C=C/CCCCCCCC)COC(=O)CCCCCCC/C=C/C=C/CCCCCCCCC. The Labute approximate surface area is 400 Å². The quantitative estimate of drug-likeness (QED) is 0.0199. The first-order valence-corrected chi connectivity index (χ1v) is 26.4. The second-order valence-electron chi connectivity index (χ2n) is 17.1. The lowest BCUT2D eigenvalue weighted by Gasteiger charge is -2.18. The van der Waals surface area contributed by atoms with Crippen molar-refractivity contribution in [3.8, 4) is 0 Å². The number of esters is 3. The Bertz CT molecular complexity index is 1360. The van der Waals surface area contributed by atoms with Gasteiger partial charge in [-0.15, -0.1) is 0 Å². The lowest BCUT2D eigenvalue weighted by Crippen LogP contribution is -2.30. The van der Waals surface area contributed by atoms with Crippen molar-refractivity contribution in [3.63, 3.8) is 0 Å². The fourth-order valence-corrected chi connectivity index (χ4v) is 6.83. The standard InChI is InChI=1S/C59H96O6/c1-4-7-10-13-16-19-22-25-27-29-30-32-34-37-40-43-46-49-52-58(61)64-55-56(54-63-57(60)51-48-45-42-39-36-33-24-21-18-15-12-9-6-3)65-59(62)53-50-47-44-41-38-35-31-28-26-23-20-17-14-11-8-5-2/h8,11,17,20,26-30,32-33,35-36,38,42,44-45,47,56H,4-7,9-10,12-16,18-19,21-25,31,34,37,39-41,43,46,48-55H2,1-3H3/b11-8+,20-17+,28-26+,29-27+,32-30+,36-33+,38-35+,45-42+,47-44+. The minimum Gasteiger partial charge on any atom is -0.462 e. The number of ether oxygens (including phenoxy) is 3. The molecule has 0 amide bonds. The van der Waals surface area contributed by atoms with E-state index in [9.17, 15) is 14.4 Å². The molecule has 0 aliphatic carbocycles. The van der Waals surface area contributed by atoms with Gasteiger partial charge in [-0.1, -0.05) is 220 Å². The number of hydrogen-bond acceptors (Lipinski definition) is 6. The Kier molecular flexibility index (Phi) is 49.5. The predicted octanol–water partition coefficient (Wildman–Crippen LogP) is 17.5. The molecular weight excluding hydrogens is 805 g/mol. The van der Waals surface area contributed by atoms with Crippen molar-refractivity contribution < 1.29 is 28.6 Å². The van der Waals surface area contributed by atoms with Crippen molar-refractivity contribution >= 4 is 17.9 Å². The third-order valence-electron chi connectivity index (χ3n) is 10.8. The molecule has 368 valence electrons. The molecular formula is C59H96O6. The highest BCUT2D eigenvalue weighted by Crippen LogP contribution is 2.12. The van der Waals surface area contributed by atoms with Crippen LogP contribution in [-0.2, 0) is 28.6 Å². The average molecular weight is 901 g/mol. The van der Waals surface area contributed by atoms with Crippen LogP contribution in [0.4, 0.5) is 0 Å². The number of carbonyl (C=O) groups excluding carboxylic acids is 3. The fourth-order valence-electron chi connectivity index (χ4n) is 6.83. The van der Waals surface area contributed by atoms with Gasteiger partial charge in [0.1, 0.15) is 13.2 Å². The van der Waals surface area contributed by atoms with Crippen LogP contribution >= 0.6 is 0 Å². The van der Waals surface area contributed by atoms with E-state index in [4.69, 9.17) is 14.2 Å². The second kappa shape index (κ2) is 52.7. The normalized spacial score (nSPS) is 13.0. The van der Waals surface area contributed by atoms with Crippen LogP contribution in [0.3, 0.4) is 0 Å². The smallest absolute Gasteiger partial charge is 0.306 e. The van der Waals surface area contributed by atoms with Gasteiger partial charge in [-0.25, -0.2) is 0 Å². The van der Waals surface area contributed by atoms with E-state index in [2.05, 4.69) is 112 Å². The maximum absolute atomic E-state index is 12.8. The van der Waals surface area contributed by atoms with Crippen LogP contribution < -0.4 is 0 Å². The highest BCUT2D eigenvalue weighted by atomic mass is 16.6. The highest BCUT2D eigenvalue weighted by Gasteiger charge is 2.19. The van der Waals surface area contributed by atoms with Gasteiger partial charge in [0.15, 0.2) is 6.10 Å². The van der Waals surface area contributed by atoms with Crippen LogP contribution in [-0.4, -0.2) is 37.2 Å². The molecule has 1 unspecified atom stereocenters. The van der Waals surface area contributed by atoms with Gasteiger partial charge >= 0.3 is 17.9 Å². The Morgan fingerprint density at radius 1 is 0.338 bits per heavy atom. The summed E-state index contributed by atoms with van der Waals surface area (Å²) in [5.74, 6) is -1.11. The van der Waals surface area contributed by atoms with Crippen LogP contribution in [0, 0.1) is 0 Å². The summed E-state index contributed by atoms with van der Waals surface area (Å²) in [5.41, 5.74) is 0. The summed E-state index contributed by atoms with van der Waals surface area (Å²) in [4.78, 5) is 37.9. The molecule has 0 saturated carbocycles. The summed E-state index contributed by atoms with van der Waals surface area (Å²) in [5, 5.41) is 0. The number of hydrogen-bond donors (Lipinski definition) is 0. The van der Waals surface area contributed by atoms with Crippen LogP contribution in [0.15, 0.2) is 109 Å². The summed E-state index contributed by atoms with van der Waals surface area (Å²) >= 11 is 0. The summed E-state index contributed by atoms with van der Waals surface area (Å²) in [6.07, 6.45) is 71.0. The molecule has 0 spiro atoms. The maximum atomic E-state index is 12.8. The molecule has 0 saturated heterocycles. The van der Waals surface area contributed by atoms with Gasteiger partial charge in [0.2, 0.25) is 0 Å². The van der Waals surface area contributed by atoms with Crippen molar-refractivity contribution in [2.75, 3.05) is 13.2 Å². The Morgan fingerprint density at radius 2 is 0.677 bits per heavy atom. The van der Waals surface area contributed by atoms with E-state index in [1.807, 2.05) is 18.2 Å². The Morgan fingerprint density at radius 3 is 1.12 bits per heavy atom. The second-order valence-corrected chi connectivity index (χ2v) is 17.1. The van der Waals surface area contributed by atoms with Gasteiger partial charge in [0.05, 0.1) is 0 Å². The van der Waals surface area contributed by atoms with Crippen molar-refractivity contribution in [2.45, 2.75) is 232 Å². The first-order chi connectivity index (χ1) is 32.0. The molecule has 6 nitrogen and oxygen atoms in total. The van der Waals surface area contributed by atoms with E-state index in [0.29, 0.717) is 19.3 Å². The molecule has 0 N–H and O–H groups in total. The lowest BCUT2D eigenvalue weighted by molar-refractivity contribution is -0.166. The first-order valence-electron chi connectivity index (χ1n) is 26.4. The molecule has 1 atom stereocenters. The third-order valence-corrected chi connectivity index (χ3v) is 10.8. The van der Waals surface area contributed by atoms with Crippen LogP contribution in [0.1, 0.15) is 226 Å². The van der Waals surface area contributed by atoms with E-state index in [1.165, 1.54) is 89.9 Å². The summed E-state index contributed by atoms with van der Waals surface area (Å²) in [7, 11) is 0. The summed E-state index contributed by atoms with van der Waals surface area (Å²) in [6.45, 7) is 6.37. The molecule has 0 aliphatic heterocycles. The van der Waals surface area contributed by atoms with Crippen molar-refractivity contribution in [1.82, 2.24) is 0 Å². The van der Waals surface area contributed by atoms with Crippen molar-refractivity contribution in [1.29, 1.82) is 0 Å². The fraction of sp³-hybridized carbons (Fsp3) is 0.644. The minimum atomic E-state index is -0.848. The van der Waals surface area contributed by atoms with Crippen molar-refractivity contribution in [3.05, 3.63) is 109 Å². The topological polar surface area (TPSA) is 78.9 Å². The molecule has 0 bridgehead atoms. The van der Waals surface area contributed by atoms with Gasteiger partial charge in [-0.2, -0.15) is 0 Å². The van der Waals surface area contributed by atoms with E-state index >= 15 is 0 Å². The molecule has 0 aromatic heterocycles. The summed E-state index contributed by atoms with van der Waals surface area (Å²) < 4.78 is 16.7. The first kappa shape index (κ1) is 61.1. The highest BCUT2D eigenvalue weighted by molar-refractivity contribution is 5.71. The van der Waals surface area contributed by atoms with Crippen molar-refractivity contribution in [2.24, 2.45) is 0 Å². The molecule has 0 aromatic carbocycles. The van der Waals surface area contributed by atoms with Gasteiger partial charge in [-0.3, -0.25) is 14.4 Å². The van der Waals surface area contributed by atoms with E-state index in [1.54, 1.807) is 0 Å². The molecule has 0 aromatic rings. The van der Waals surface area contributed by atoms with E-state index in [-0.39, 0.29) is 38.0 Å². The average Bonchev–Trinajstić information content (AvgIpc) is 3.30. The maximum Gasteiger partial charge on any atom is 0.306 e. The van der Waals surface area contributed by atoms with Gasteiger partial charge in [-0.05, 0) is 96.3 Å². The Hall–Kier alpha value is -3.93. The lowest BCUT2D eigenvalue weighted by atomic mass is 10.1. The van der Waals surface area contributed by atoms with E-state index in [0.717, 1.165) is 83.5 Å². The number of carbonyl (C=O) groups is 3. The van der Waals surface area contributed by atoms with E-state index < -0.39 is 12.1 Å². The number of unbranched alkanes of at least 4 members (excludes halogenated alkanes) is 18. The molecule has 0 heterocycles. The Balaban J connectivity index is 4.58. The monoisotopic (exact) mass is 901 g/mol. The molecule has 65 heavy (non-hydrogen) atoms. The van der Waals surface area contributed by atoms with Gasteiger partial charge < -0.3 is 14.2 Å². The zero-order chi connectivity index (χ0) is 47.2. The van der Waals surface area contributed by atoms with Crippen LogP contribution in [0.2, 0.25) is 0 Å². The van der Waals surface area contributed by atoms with Gasteiger partial charge in [0.25, 0.3) is 0 Å². The third kappa shape index (κ3) is 50.9. The largest absolute Gasteiger partial charge is 0.462 e. The molecule has 0 radical (unpaired) electrons. The zero-order valence-corrected chi connectivity index (χ0v) is 42.0. The zero-order valence-electron chi connectivity index (χ0n) is 42.0. The number of rotatable bonds is 46. The molecule has 0 aliphatic rings. The van der Waals surface area contributed by atoms with Gasteiger partial charge in [0, 0.05) is 19.3 Å². The van der Waals surface area contributed by atoms with Crippen LogP contribution in [0.25, 0.3) is 0 Å². The molecule has 0 rings (SSSR count). The predicted molar refractivity (Wildman–Crippen MR) is 279 cm³/mol. The summed E-state index contributed by atoms with van der Waals surface area (Å²) in [6, 6.07) is 0. The molecule has 0 fully saturated rings.